The van der Waals surface area contributed by atoms with E-state index < -0.39 is 17.1 Å². The molecule has 1 aliphatic heterocycles. The van der Waals surface area contributed by atoms with E-state index in [1.807, 2.05) is 66.7 Å². The van der Waals surface area contributed by atoms with Crippen molar-refractivity contribution in [3.05, 3.63) is 106 Å². The van der Waals surface area contributed by atoms with Gasteiger partial charge in [-0.3, -0.25) is 19.9 Å². The number of nitrogens with one attached hydrogen (secondary N) is 3. The minimum Gasteiger partial charge on any atom is -0.497 e. The van der Waals surface area contributed by atoms with E-state index in [9.17, 15) is 14.7 Å². The molecule has 41 heavy (non-hydrogen) atoms. The number of H-pyrrole nitrogens is 1. The number of aromatic nitrogens is 2. The molecule has 3 aromatic carbocycles. The monoisotopic (exact) mass is 555 g/mol. The molecular weight excluding hydrogens is 522 g/mol. The van der Waals surface area contributed by atoms with Crippen molar-refractivity contribution in [2.24, 2.45) is 0 Å². The summed E-state index contributed by atoms with van der Waals surface area (Å²) in [5.41, 5.74) is 2.14. The van der Waals surface area contributed by atoms with Gasteiger partial charge in [0.05, 0.1) is 27.0 Å². The van der Waals surface area contributed by atoms with E-state index in [2.05, 4.69) is 32.7 Å². The second-order valence-electron chi connectivity index (χ2n) is 9.94. The number of carbonyl (C=O) groups excluding carboxylic acids is 1. The Kier molecular flexibility index (Phi) is 7.93. The predicted molar refractivity (Wildman–Crippen MR) is 158 cm³/mol. The molecule has 1 atom stereocenters. The molecule has 0 aliphatic carbocycles. The van der Waals surface area contributed by atoms with Crippen LogP contribution >= 0.6 is 0 Å². The molecule has 1 unspecified atom stereocenters. The highest BCUT2D eigenvalue weighted by molar-refractivity contribution is 5.87. The quantitative estimate of drug-likeness (QED) is 0.218. The fourth-order valence-electron chi connectivity index (χ4n) is 5.48. The van der Waals surface area contributed by atoms with Gasteiger partial charge in [-0.05, 0) is 47.4 Å². The highest BCUT2D eigenvalue weighted by Gasteiger charge is 2.39. The summed E-state index contributed by atoms with van der Waals surface area (Å²) >= 11 is 0. The Morgan fingerprint density at radius 3 is 2.07 bits per heavy atom. The molecule has 4 aromatic rings. The van der Waals surface area contributed by atoms with Crippen molar-refractivity contribution < 1.29 is 19.4 Å². The maximum atomic E-state index is 12.6. The molecule has 10 heteroatoms. The van der Waals surface area contributed by atoms with Crippen LogP contribution in [-0.4, -0.2) is 54.5 Å². The van der Waals surface area contributed by atoms with Crippen LogP contribution in [0.1, 0.15) is 30.0 Å². The summed E-state index contributed by atoms with van der Waals surface area (Å²) in [4.78, 5) is 33.0. The Morgan fingerprint density at radius 2 is 1.54 bits per heavy atom. The van der Waals surface area contributed by atoms with E-state index in [0.29, 0.717) is 17.9 Å². The number of methoxy groups -OCH3 is 2. The number of benzene rings is 3. The van der Waals surface area contributed by atoms with Crippen molar-refractivity contribution in [1.29, 1.82) is 0 Å². The van der Waals surface area contributed by atoms with E-state index in [1.54, 1.807) is 19.1 Å². The zero-order valence-electron chi connectivity index (χ0n) is 23.2. The van der Waals surface area contributed by atoms with Gasteiger partial charge < -0.3 is 24.8 Å². The topological polar surface area (TPSA) is 129 Å². The second-order valence-corrected chi connectivity index (χ2v) is 9.94. The van der Waals surface area contributed by atoms with Crippen LogP contribution in [0.15, 0.2) is 83.7 Å². The van der Waals surface area contributed by atoms with Crippen LogP contribution < -0.4 is 30.6 Å². The van der Waals surface area contributed by atoms with Gasteiger partial charge in [0.2, 0.25) is 11.9 Å². The summed E-state index contributed by atoms with van der Waals surface area (Å²) in [6, 6.07) is 25.9. The summed E-state index contributed by atoms with van der Waals surface area (Å²) in [7, 11) is 3.26. The molecule has 0 bridgehead atoms. The number of nitrogens with zero attached hydrogens (tertiary/aromatic N) is 2. The first-order chi connectivity index (χ1) is 19.8. The van der Waals surface area contributed by atoms with E-state index in [4.69, 9.17) is 9.47 Å². The highest BCUT2D eigenvalue weighted by atomic mass is 16.5. The number of carbonyl (C=O) groups is 1. The van der Waals surface area contributed by atoms with E-state index in [-0.39, 0.29) is 25.1 Å². The lowest BCUT2D eigenvalue weighted by atomic mass is 9.66. The Morgan fingerprint density at radius 1 is 0.976 bits per heavy atom. The normalized spacial score (nSPS) is 13.2. The van der Waals surface area contributed by atoms with Crippen LogP contribution in [0, 0.1) is 0 Å². The molecule has 0 saturated heterocycles. The molecule has 0 fully saturated rings. The molecule has 1 amide bonds. The van der Waals surface area contributed by atoms with E-state index in [1.165, 1.54) is 6.92 Å². The van der Waals surface area contributed by atoms with Crippen LogP contribution in [0.3, 0.4) is 0 Å². The molecule has 2 heterocycles. The number of aliphatic hydroxyl groups excluding tert-OH is 1. The number of anilines is 3. The third-order valence-electron chi connectivity index (χ3n) is 7.35. The Hall–Kier alpha value is -4.83. The van der Waals surface area contributed by atoms with Gasteiger partial charge in [0, 0.05) is 18.9 Å². The lowest BCUT2D eigenvalue weighted by Crippen LogP contribution is -2.40. The number of hydrogen-bond acceptors (Lipinski definition) is 8. The van der Waals surface area contributed by atoms with Crippen LogP contribution in [0.5, 0.6) is 11.5 Å². The van der Waals surface area contributed by atoms with Gasteiger partial charge in [0.1, 0.15) is 17.2 Å². The third kappa shape index (κ3) is 5.59. The number of rotatable bonds is 10. The average Bonchev–Trinajstić information content (AvgIpc) is 3.39. The van der Waals surface area contributed by atoms with Crippen molar-refractivity contribution in [1.82, 2.24) is 9.97 Å². The van der Waals surface area contributed by atoms with Crippen LogP contribution in [-0.2, 0) is 10.2 Å². The smallest absolute Gasteiger partial charge is 0.277 e. The number of β-amino-alcohol motifs (C(OH)–C–C–N with tert-alkyl or cyclic N) is 1. The first kappa shape index (κ1) is 27.7. The second kappa shape index (κ2) is 11.7. The zero-order valence-corrected chi connectivity index (χ0v) is 23.2. The maximum Gasteiger partial charge on any atom is 0.277 e. The van der Waals surface area contributed by atoms with Gasteiger partial charge in [0.25, 0.3) is 5.56 Å². The van der Waals surface area contributed by atoms with Gasteiger partial charge in [-0.2, -0.15) is 4.98 Å². The van der Waals surface area contributed by atoms with Gasteiger partial charge in [-0.1, -0.05) is 54.6 Å². The lowest BCUT2D eigenvalue weighted by Gasteiger charge is -2.38. The highest BCUT2D eigenvalue weighted by Crippen LogP contribution is 2.44. The van der Waals surface area contributed by atoms with Crippen LogP contribution in [0.4, 0.5) is 17.5 Å². The molecule has 1 aliphatic rings. The number of aromatic amines is 1. The van der Waals surface area contributed by atoms with Crippen molar-refractivity contribution in [3.8, 4) is 11.5 Å². The summed E-state index contributed by atoms with van der Waals surface area (Å²) < 4.78 is 10.9. The molecule has 5 rings (SSSR count). The minimum absolute atomic E-state index is 0.0551. The van der Waals surface area contributed by atoms with E-state index >= 15 is 0 Å². The molecule has 212 valence electrons. The van der Waals surface area contributed by atoms with Gasteiger partial charge in [-0.15, -0.1) is 0 Å². The average molecular weight is 556 g/mol. The molecule has 0 radical (unpaired) electrons. The number of aliphatic hydroxyl groups is 1. The summed E-state index contributed by atoms with van der Waals surface area (Å²) in [6.45, 7) is 1.82. The summed E-state index contributed by atoms with van der Waals surface area (Å²) in [6.07, 6.45) is -0.527. The van der Waals surface area contributed by atoms with Crippen molar-refractivity contribution in [2.45, 2.75) is 24.9 Å². The van der Waals surface area contributed by atoms with E-state index in [0.717, 1.165) is 28.2 Å². The molecule has 1 aromatic heterocycles. The standard InChI is InChI=1S/C31H33N5O5/c1-20(37)33-30-34-28-27(29(39)35-30)32-19-36(28)18-24(38)17-31(21-7-5-4-6-8-21,22-9-13-25(40-2)14-10-22)23-11-15-26(41-3)16-12-23/h4-16,24,32,38H,17-19H2,1-3H3,(H2,33,34,35,37,39). The van der Waals surface area contributed by atoms with Crippen molar-refractivity contribution in [2.75, 3.05) is 43.0 Å². The Balaban J connectivity index is 1.56. The number of amides is 1. The van der Waals surface area contributed by atoms with Crippen LogP contribution in [0.2, 0.25) is 0 Å². The van der Waals surface area contributed by atoms with Gasteiger partial charge in [-0.25, -0.2) is 0 Å². The first-order valence-corrected chi connectivity index (χ1v) is 13.3. The number of hydrogen-bond donors (Lipinski definition) is 4. The fraction of sp³-hybridized carbons (Fsp3) is 0.258. The molecule has 0 spiro atoms. The van der Waals surface area contributed by atoms with Gasteiger partial charge in [0.15, 0.2) is 5.82 Å². The number of fused-ring (bicyclic) bond motifs is 1. The largest absolute Gasteiger partial charge is 0.497 e. The van der Waals surface area contributed by atoms with Crippen LogP contribution in [0.25, 0.3) is 0 Å². The molecule has 4 N–H and O–H groups in total. The molecular formula is C31H33N5O5. The maximum absolute atomic E-state index is 12.6. The van der Waals surface area contributed by atoms with Crippen molar-refractivity contribution in [3.63, 3.8) is 0 Å². The van der Waals surface area contributed by atoms with Crippen molar-refractivity contribution >= 4 is 23.4 Å². The lowest BCUT2D eigenvalue weighted by molar-refractivity contribution is -0.114. The fourth-order valence-corrected chi connectivity index (χ4v) is 5.48. The molecule has 10 nitrogen and oxygen atoms in total. The first-order valence-electron chi connectivity index (χ1n) is 13.3. The minimum atomic E-state index is -0.850. The molecule has 0 saturated carbocycles. The Bertz CT molecular complexity index is 1510. The summed E-state index contributed by atoms with van der Waals surface area (Å²) in [5, 5.41) is 17.3. The summed E-state index contributed by atoms with van der Waals surface area (Å²) in [5.74, 6) is 1.54. The number of ether oxygens (including phenoxy) is 2. The third-order valence-corrected chi connectivity index (χ3v) is 7.35. The predicted octanol–water partition coefficient (Wildman–Crippen LogP) is 3.72. The Labute approximate surface area is 238 Å². The van der Waals surface area contributed by atoms with Gasteiger partial charge >= 0.3 is 0 Å². The SMILES string of the molecule is COc1ccc(C(CC(O)CN2CNc3c2nc(NC(C)=O)[nH]c3=O)(c2ccccc2)c2ccc(OC)cc2)cc1. The zero-order chi connectivity index (χ0) is 29.0.